The molecule has 0 unspecified atom stereocenters. The van der Waals surface area contributed by atoms with Crippen LogP contribution in [0.3, 0.4) is 0 Å². The van der Waals surface area contributed by atoms with Gasteiger partial charge in [0, 0.05) is 10.6 Å². The fraction of sp³-hybridized carbons (Fsp3) is 0.125. The van der Waals surface area contributed by atoms with Gasteiger partial charge in [0.2, 0.25) is 5.78 Å². The molecule has 2 aromatic carbocycles. The molecule has 0 aliphatic rings. The number of benzene rings is 2. The smallest absolute Gasteiger partial charge is 0.341 e. The molecule has 31 heavy (non-hydrogen) atoms. The van der Waals surface area contributed by atoms with E-state index >= 15 is 0 Å². The lowest BCUT2D eigenvalue weighted by Gasteiger charge is -2.09. The summed E-state index contributed by atoms with van der Waals surface area (Å²) in [4.78, 5) is 39.1. The third kappa shape index (κ3) is 3.35. The van der Waals surface area contributed by atoms with E-state index in [0.717, 1.165) is 10.9 Å². The first-order valence-electron chi connectivity index (χ1n) is 9.42. The Morgan fingerprint density at radius 2 is 1.42 bits per heavy atom. The molecule has 7 heteroatoms. The number of esters is 2. The van der Waals surface area contributed by atoms with Gasteiger partial charge in [-0.1, -0.05) is 29.3 Å². The number of nitrogens with zero attached hydrogens (tertiary/aromatic N) is 1. The van der Waals surface area contributed by atoms with Crippen LogP contribution in [0, 0.1) is 6.92 Å². The third-order valence-corrected chi connectivity index (χ3v) is 5.40. The fourth-order valence-electron chi connectivity index (χ4n) is 3.74. The summed E-state index contributed by atoms with van der Waals surface area (Å²) in [6, 6.07) is 15.5. The number of ketones is 1. The van der Waals surface area contributed by atoms with Gasteiger partial charge in [-0.25, -0.2) is 9.59 Å². The maximum Gasteiger partial charge on any atom is 0.341 e. The highest BCUT2D eigenvalue weighted by molar-refractivity contribution is 6.30. The van der Waals surface area contributed by atoms with Crippen LogP contribution in [0.5, 0.6) is 0 Å². The van der Waals surface area contributed by atoms with Crippen LogP contribution in [0.15, 0.2) is 54.6 Å². The monoisotopic (exact) mass is 435 g/mol. The Kier molecular flexibility index (Phi) is 5.25. The van der Waals surface area contributed by atoms with Gasteiger partial charge in [0.25, 0.3) is 0 Å². The largest absolute Gasteiger partial charge is 0.465 e. The van der Waals surface area contributed by atoms with Gasteiger partial charge >= 0.3 is 11.9 Å². The lowest BCUT2D eigenvalue weighted by atomic mass is 10.0. The van der Waals surface area contributed by atoms with Gasteiger partial charge in [-0.2, -0.15) is 0 Å². The summed E-state index contributed by atoms with van der Waals surface area (Å²) in [6.45, 7) is 1.96. The summed E-state index contributed by atoms with van der Waals surface area (Å²) >= 11 is 5.97. The molecule has 0 amide bonds. The van der Waals surface area contributed by atoms with E-state index < -0.39 is 17.7 Å². The average Bonchev–Trinajstić information content (AvgIpc) is 3.13. The summed E-state index contributed by atoms with van der Waals surface area (Å²) in [5.74, 6) is -1.99. The molecule has 0 aliphatic heterocycles. The molecular formula is C24H18ClNO5. The van der Waals surface area contributed by atoms with E-state index in [2.05, 4.69) is 0 Å². The Morgan fingerprint density at radius 3 is 2.06 bits per heavy atom. The minimum atomic E-state index is -0.804. The van der Waals surface area contributed by atoms with E-state index in [1.807, 2.05) is 31.2 Å². The number of fused-ring (bicyclic) bond motifs is 3. The number of pyridine rings is 1. The summed E-state index contributed by atoms with van der Waals surface area (Å²) in [7, 11) is 2.42. The molecule has 6 nitrogen and oxygen atoms in total. The van der Waals surface area contributed by atoms with Crippen LogP contribution < -0.4 is 0 Å². The SMILES string of the molecule is COC(=O)c1c(C(=O)OC)c2ccc3cc(C)ccc3n2c1C(=O)c1ccc(Cl)cc1. The predicted molar refractivity (Wildman–Crippen MR) is 117 cm³/mol. The number of halogens is 1. The van der Waals surface area contributed by atoms with Gasteiger partial charge in [-0.3, -0.25) is 4.79 Å². The molecule has 2 heterocycles. The zero-order valence-electron chi connectivity index (χ0n) is 17.1. The van der Waals surface area contributed by atoms with Crippen LogP contribution >= 0.6 is 11.6 Å². The van der Waals surface area contributed by atoms with Crippen molar-refractivity contribution in [1.29, 1.82) is 0 Å². The Morgan fingerprint density at radius 1 is 0.806 bits per heavy atom. The van der Waals surface area contributed by atoms with Crippen molar-refractivity contribution in [2.75, 3.05) is 14.2 Å². The number of carbonyl (C=O) groups is 3. The molecule has 0 radical (unpaired) electrons. The number of methoxy groups -OCH3 is 2. The molecule has 4 aromatic rings. The van der Waals surface area contributed by atoms with Crippen molar-refractivity contribution in [3.63, 3.8) is 0 Å². The van der Waals surface area contributed by atoms with Crippen molar-refractivity contribution in [3.8, 4) is 0 Å². The predicted octanol–water partition coefficient (Wildman–Crippen LogP) is 4.86. The van der Waals surface area contributed by atoms with Crippen molar-refractivity contribution in [2.24, 2.45) is 0 Å². The van der Waals surface area contributed by atoms with Gasteiger partial charge in [0.1, 0.15) is 16.8 Å². The maximum absolute atomic E-state index is 13.6. The topological polar surface area (TPSA) is 74.1 Å². The van der Waals surface area contributed by atoms with E-state index in [-0.39, 0.29) is 16.8 Å². The molecule has 0 saturated carbocycles. The lowest BCUT2D eigenvalue weighted by molar-refractivity contribution is 0.0556. The van der Waals surface area contributed by atoms with Crippen molar-refractivity contribution >= 4 is 45.7 Å². The molecule has 0 saturated heterocycles. The van der Waals surface area contributed by atoms with Crippen LogP contribution in [-0.4, -0.2) is 36.3 Å². The summed E-state index contributed by atoms with van der Waals surface area (Å²) in [5, 5.41) is 1.32. The maximum atomic E-state index is 13.6. The number of carbonyl (C=O) groups excluding carboxylic acids is 3. The van der Waals surface area contributed by atoms with Crippen molar-refractivity contribution in [1.82, 2.24) is 4.40 Å². The second-order valence-electron chi connectivity index (χ2n) is 7.03. The Balaban J connectivity index is 2.19. The van der Waals surface area contributed by atoms with Gasteiger partial charge in [-0.05, 0) is 54.8 Å². The Hall–Kier alpha value is -3.64. The molecule has 0 fully saturated rings. The fourth-order valence-corrected chi connectivity index (χ4v) is 3.87. The summed E-state index contributed by atoms with van der Waals surface area (Å²) < 4.78 is 11.5. The van der Waals surface area contributed by atoms with Gasteiger partial charge in [0.15, 0.2) is 0 Å². The highest BCUT2D eigenvalue weighted by atomic mass is 35.5. The summed E-state index contributed by atoms with van der Waals surface area (Å²) in [6.07, 6.45) is 0. The number of ether oxygens (including phenoxy) is 2. The number of aryl methyl sites for hydroxylation is 1. The van der Waals surface area contributed by atoms with Crippen LogP contribution in [0.25, 0.3) is 16.4 Å². The molecule has 0 bridgehead atoms. The van der Waals surface area contributed by atoms with E-state index in [9.17, 15) is 14.4 Å². The van der Waals surface area contributed by atoms with Crippen LogP contribution in [-0.2, 0) is 9.47 Å². The highest BCUT2D eigenvalue weighted by Gasteiger charge is 2.33. The normalized spacial score (nSPS) is 11.0. The van der Waals surface area contributed by atoms with Crippen LogP contribution in [0.2, 0.25) is 5.02 Å². The van der Waals surface area contributed by atoms with E-state index in [1.165, 1.54) is 14.2 Å². The first-order valence-corrected chi connectivity index (χ1v) is 9.79. The molecule has 0 spiro atoms. The zero-order valence-corrected chi connectivity index (χ0v) is 17.8. The van der Waals surface area contributed by atoms with E-state index in [0.29, 0.717) is 21.6 Å². The lowest BCUT2D eigenvalue weighted by Crippen LogP contribution is -2.15. The quantitative estimate of drug-likeness (QED) is 0.338. The molecule has 156 valence electrons. The standard InChI is InChI=1S/C24H18ClNO5/c1-13-4-10-17-15(12-13)7-11-18-19(23(28)30-2)20(24(29)31-3)21(26(17)18)22(27)14-5-8-16(25)9-6-14/h4-12H,1-3H3. The van der Waals surface area contributed by atoms with Gasteiger partial charge in [-0.15, -0.1) is 0 Å². The number of aromatic nitrogens is 1. The molecule has 0 aliphatic carbocycles. The Bertz CT molecular complexity index is 1370. The second kappa shape index (κ2) is 7.89. The first-order chi connectivity index (χ1) is 14.9. The van der Waals surface area contributed by atoms with Gasteiger partial charge < -0.3 is 13.9 Å². The summed E-state index contributed by atoms with van der Waals surface area (Å²) in [5.41, 5.74) is 2.26. The van der Waals surface area contributed by atoms with Crippen LogP contribution in [0.4, 0.5) is 0 Å². The molecule has 4 rings (SSSR count). The minimum absolute atomic E-state index is 0.0193. The number of hydrogen-bond acceptors (Lipinski definition) is 5. The highest BCUT2D eigenvalue weighted by Crippen LogP contribution is 2.32. The van der Waals surface area contributed by atoms with Gasteiger partial charge in [0.05, 0.1) is 25.3 Å². The Labute approximate surface area is 182 Å². The minimum Gasteiger partial charge on any atom is -0.465 e. The average molecular weight is 436 g/mol. The van der Waals surface area contributed by atoms with Crippen LogP contribution in [0.1, 0.15) is 42.3 Å². The molecule has 0 atom stereocenters. The van der Waals surface area contributed by atoms with Crippen molar-refractivity contribution < 1.29 is 23.9 Å². The van der Waals surface area contributed by atoms with Crippen molar-refractivity contribution in [2.45, 2.75) is 6.92 Å². The molecule has 0 N–H and O–H groups in total. The van der Waals surface area contributed by atoms with Crippen molar-refractivity contribution in [3.05, 3.63) is 87.6 Å². The first kappa shape index (κ1) is 20.6. The molecular weight excluding hydrogens is 418 g/mol. The second-order valence-corrected chi connectivity index (χ2v) is 7.47. The van der Waals surface area contributed by atoms with E-state index in [4.69, 9.17) is 21.1 Å². The third-order valence-electron chi connectivity index (χ3n) is 5.15. The number of rotatable bonds is 4. The van der Waals surface area contributed by atoms with E-state index in [1.54, 1.807) is 34.7 Å². The molecule has 2 aromatic heterocycles. The number of hydrogen-bond donors (Lipinski definition) is 0. The zero-order chi connectivity index (χ0) is 22.3.